The molecule has 3 rings (SSSR count). The smallest absolute Gasteiger partial charge is 0.228 e. The lowest BCUT2D eigenvalue weighted by Crippen LogP contribution is -2.14. The minimum absolute atomic E-state index is 0.0431. The van der Waals surface area contributed by atoms with E-state index in [9.17, 15) is 4.79 Å². The summed E-state index contributed by atoms with van der Waals surface area (Å²) in [6, 6.07) is 13.4. The number of aromatic nitrogens is 1. The van der Waals surface area contributed by atoms with E-state index < -0.39 is 0 Å². The summed E-state index contributed by atoms with van der Waals surface area (Å²) in [4.78, 5) is 17.4. The Morgan fingerprint density at radius 2 is 1.91 bits per heavy atom. The number of hydrogen-bond acceptors (Lipinski definition) is 2. The summed E-state index contributed by atoms with van der Waals surface area (Å²) >= 11 is 5.97. The predicted octanol–water partition coefficient (Wildman–Crippen LogP) is 4.07. The van der Waals surface area contributed by atoms with Gasteiger partial charge in [-0.3, -0.25) is 4.79 Å². The van der Waals surface area contributed by atoms with Crippen LogP contribution in [-0.4, -0.2) is 25.0 Å². The molecule has 118 valence electrons. The van der Waals surface area contributed by atoms with Gasteiger partial charge in [-0.1, -0.05) is 17.7 Å². The van der Waals surface area contributed by atoms with Crippen LogP contribution in [0.4, 0.5) is 11.4 Å². The number of carbonyl (C=O) groups is 1. The monoisotopic (exact) mass is 327 g/mol. The highest BCUT2D eigenvalue weighted by molar-refractivity contribution is 6.31. The standard InChI is InChI=1S/C18H18ClN3O/c1-22(2)15-6-4-14(5-7-15)21-18(23)9-12-11-20-17-10-13(19)3-8-16(12)17/h3-8,10-11,20H,9H2,1-2H3,(H,21,23). The maximum atomic E-state index is 12.2. The number of amides is 1. The second-order valence-corrected chi connectivity index (χ2v) is 6.11. The Morgan fingerprint density at radius 3 is 2.61 bits per heavy atom. The molecule has 3 aromatic rings. The van der Waals surface area contributed by atoms with Crippen LogP contribution in [0.3, 0.4) is 0 Å². The Kier molecular flexibility index (Phi) is 4.26. The minimum Gasteiger partial charge on any atom is -0.378 e. The lowest BCUT2D eigenvalue weighted by molar-refractivity contribution is -0.115. The molecule has 2 aromatic carbocycles. The highest BCUT2D eigenvalue weighted by Gasteiger charge is 2.09. The third-order valence-corrected chi connectivity index (χ3v) is 3.98. The van der Waals surface area contributed by atoms with Crippen LogP contribution in [-0.2, 0) is 11.2 Å². The molecule has 0 unspecified atom stereocenters. The number of benzene rings is 2. The molecular weight excluding hydrogens is 310 g/mol. The first kappa shape index (κ1) is 15.4. The summed E-state index contributed by atoms with van der Waals surface area (Å²) < 4.78 is 0. The lowest BCUT2D eigenvalue weighted by Gasteiger charge is -2.13. The number of rotatable bonds is 4. The molecule has 0 aliphatic heterocycles. The Labute approximate surface area is 140 Å². The molecule has 0 radical (unpaired) electrons. The van der Waals surface area contributed by atoms with Gasteiger partial charge in [0.05, 0.1) is 6.42 Å². The van der Waals surface area contributed by atoms with Crippen molar-refractivity contribution in [3.05, 3.63) is 59.2 Å². The van der Waals surface area contributed by atoms with Crippen molar-refractivity contribution in [1.29, 1.82) is 0 Å². The van der Waals surface area contributed by atoms with Crippen molar-refractivity contribution in [2.24, 2.45) is 0 Å². The lowest BCUT2D eigenvalue weighted by atomic mass is 10.1. The Morgan fingerprint density at radius 1 is 1.17 bits per heavy atom. The predicted molar refractivity (Wildman–Crippen MR) is 96.4 cm³/mol. The molecule has 0 aliphatic carbocycles. The van der Waals surface area contributed by atoms with Gasteiger partial charge in [0, 0.05) is 47.6 Å². The fraction of sp³-hybridized carbons (Fsp3) is 0.167. The number of anilines is 2. The largest absolute Gasteiger partial charge is 0.378 e. The number of halogens is 1. The van der Waals surface area contributed by atoms with Gasteiger partial charge in [-0.15, -0.1) is 0 Å². The third-order valence-electron chi connectivity index (χ3n) is 3.75. The Bertz CT molecular complexity index is 837. The number of hydrogen-bond donors (Lipinski definition) is 2. The van der Waals surface area contributed by atoms with Gasteiger partial charge < -0.3 is 15.2 Å². The number of aromatic amines is 1. The van der Waals surface area contributed by atoms with Crippen molar-refractivity contribution >= 4 is 39.8 Å². The molecule has 0 bridgehead atoms. The van der Waals surface area contributed by atoms with Crippen molar-refractivity contribution in [3.63, 3.8) is 0 Å². The van der Waals surface area contributed by atoms with Crippen LogP contribution in [0.2, 0.25) is 5.02 Å². The van der Waals surface area contributed by atoms with Gasteiger partial charge >= 0.3 is 0 Å². The first-order chi connectivity index (χ1) is 11.0. The van der Waals surface area contributed by atoms with Crippen LogP contribution < -0.4 is 10.2 Å². The highest BCUT2D eigenvalue weighted by Crippen LogP contribution is 2.23. The molecule has 0 fully saturated rings. The molecule has 0 saturated heterocycles. The van der Waals surface area contributed by atoms with Gasteiger partial charge in [-0.2, -0.15) is 0 Å². The van der Waals surface area contributed by atoms with Gasteiger partial charge in [0.25, 0.3) is 0 Å². The van der Waals surface area contributed by atoms with Gasteiger partial charge in [0.15, 0.2) is 0 Å². The average Bonchev–Trinajstić information content (AvgIpc) is 2.89. The van der Waals surface area contributed by atoms with Gasteiger partial charge in [-0.05, 0) is 42.0 Å². The maximum absolute atomic E-state index is 12.2. The zero-order valence-electron chi connectivity index (χ0n) is 13.1. The summed E-state index contributed by atoms with van der Waals surface area (Å²) in [6.45, 7) is 0. The average molecular weight is 328 g/mol. The summed E-state index contributed by atoms with van der Waals surface area (Å²) in [5, 5.41) is 4.62. The van der Waals surface area contributed by atoms with E-state index in [2.05, 4.69) is 10.3 Å². The SMILES string of the molecule is CN(C)c1ccc(NC(=O)Cc2c[nH]c3cc(Cl)ccc23)cc1. The van der Waals surface area contributed by atoms with E-state index in [0.717, 1.165) is 27.8 Å². The molecule has 0 aliphatic rings. The summed E-state index contributed by atoms with van der Waals surface area (Å²) in [5.41, 5.74) is 3.79. The topological polar surface area (TPSA) is 48.1 Å². The van der Waals surface area contributed by atoms with E-state index in [1.54, 1.807) is 0 Å². The molecule has 0 atom stereocenters. The van der Waals surface area contributed by atoms with Crippen molar-refractivity contribution in [3.8, 4) is 0 Å². The van der Waals surface area contributed by atoms with Crippen LogP contribution >= 0.6 is 11.6 Å². The number of nitrogens with one attached hydrogen (secondary N) is 2. The molecule has 5 heteroatoms. The van der Waals surface area contributed by atoms with Crippen molar-refractivity contribution < 1.29 is 4.79 Å². The maximum Gasteiger partial charge on any atom is 0.228 e. The van der Waals surface area contributed by atoms with Gasteiger partial charge in [0.2, 0.25) is 5.91 Å². The van der Waals surface area contributed by atoms with E-state index in [1.807, 2.05) is 67.7 Å². The number of fused-ring (bicyclic) bond motifs is 1. The minimum atomic E-state index is -0.0431. The van der Waals surface area contributed by atoms with E-state index >= 15 is 0 Å². The zero-order chi connectivity index (χ0) is 16.4. The van der Waals surface area contributed by atoms with E-state index in [0.29, 0.717) is 11.4 Å². The van der Waals surface area contributed by atoms with Gasteiger partial charge in [0.1, 0.15) is 0 Å². The summed E-state index contributed by atoms with van der Waals surface area (Å²) in [7, 11) is 3.97. The van der Waals surface area contributed by atoms with Crippen molar-refractivity contribution in [2.45, 2.75) is 6.42 Å². The van der Waals surface area contributed by atoms with Crippen LogP contribution in [0.1, 0.15) is 5.56 Å². The highest BCUT2D eigenvalue weighted by atomic mass is 35.5. The van der Waals surface area contributed by atoms with Crippen LogP contribution in [0.25, 0.3) is 10.9 Å². The second-order valence-electron chi connectivity index (χ2n) is 5.67. The molecule has 1 aromatic heterocycles. The number of carbonyl (C=O) groups excluding carboxylic acids is 1. The normalized spacial score (nSPS) is 10.7. The fourth-order valence-electron chi connectivity index (χ4n) is 2.53. The first-order valence-corrected chi connectivity index (χ1v) is 7.73. The molecule has 1 amide bonds. The van der Waals surface area contributed by atoms with E-state index in [4.69, 9.17) is 11.6 Å². The number of nitrogens with zero attached hydrogens (tertiary/aromatic N) is 1. The summed E-state index contributed by atoms with van der Waals surface area (Å²) in [5.74, 6) is -0.0431. The fourth-order valence-corrected chi connectivity index (χ4v) is 2.70. The summed E-state index contributed by atoms with van der Waals surface area (Å²) in [6.07, 6.45) is 2.17. The van der Waals surface area contributed by atoms with Gasteiger partial charge in [-0.25, -0.2) is 0 Å². The Hall–Kier alpha value is -2.46. The molecule has 0 saturated carbocycles. The Balaban J connectivity index is 1.71. The van der Waals surface area contributed by atoms with Crippen molar-refractivity contribution in [1.82, 2.24) is 4.98 Å². The van der Waals surface area contributed by atoms with Crippen LogP contribution in [0, 0.1) is 0 Å². The molecule has 1 heterocycles. The van der Waals surface area contributed by atoms with E-state index in [-0.39, 0.29) is 5.91 Å². The van der Waals surface area contributed by atoms with Crippen LogP contribution in [0.15, 0.2) is 48.7 Å². The quantitative estimate of drug-likeness (QED) is 0.759. The molecular formula is C18H18ClN3O. The molecule has 23 heavy (non-hydrogen) atoms. The zero-order valence-corrected chi connectivity index (χ0v) is 13.8. The number of H-pyrrole nitrogens is 1. The van der Waals surface area contributed by atoms with Crippen molar-refractivity contribution in [2.75, 3.05) is 24.3 Å². The van der Waals surface area contributed by atoms with Crippen LogP contribution in [0.5, 0.6) is 0 Å². The van der Waals surface area contributed by atoms with E-state index in [1.165, 1.54) is 0 Å². The first-order valence-electron chi connectivity index (χ1n) is 7.35. The molecule has 4 nitrogen and oxygen atoms in total. The second kappa shape index (κ2) is 6.34. The molecule has 2 N–H and O–H groups in total. The molecule has 0 spiro atoms. The third kappa shape index (κ3) is 3.48.